The second-order valence-electron chi connectivity index (χ2n) is 8.79. The van der Waals surface area contributed by atoms with Crippen LogP contribution in [-0.2, 0) is 9.59 Å². The van der Waals surface area contributed by atoms with Gasteiger partial charge in [-0.25, -0.2) is 9.98 Å². The second-order valence-corrected chi connectivity index (χ2v) is 8.79. The summed E-state index contributed by atoms with van der Waals surface area (Å²) in [6, 6.07) is 3.69. The number of nitrogens with two attached hydrogens (primary N) is 2. The Hall–Kier alpha value is -3.71. The largest absolute Gasteiger partial charge is 0.370 e. The van der Waals surface area contributed by atoms with Crippen LogP contribution in [0.1, 0.15) is 29.8 Å². The van der Waals surface area contributed by atoms with Gasteiger partial charge in [-0.1, -0.05) is 17.7 Å². The lowest BCUT2D eigenvalue weighted by Gasteiger charge is -2.49. The Balaban J connectivity index is 1.68. The summed E-state index contributed by atoms with van der Waals surface area (Å²) in [6.07, 6.45) is 0. The molecule has 0 bridgehead atoms. The highest BCUT2D eigenvalue weighted by Gasteiger charge is 2.73. The molecule has 0 aliphatic carbocycles. The number of hydrogen-bond donors (Lipinski definition) is 6. The number of guanidine groups is 2. The summed E-state index contributed by atoms with van der Waals surface area (Å²) in [7, 11) is 0. The van der Waals surface area contributed by atoms with E-state index in [9.17, 15) is 24.6 Å². The number of benzene rings is 1. The molecule has 0 saturated carbocycles. The number of carbonyl (C=O) groups excluding carboxylic acids is 3. The van der Waals surface area contributed by atoms with Gasteiger partial charge in [-0.2, -0.15) is 0 Å². The van der Waals surface area contributed by atoms with E-state index in [-0.39, 0.29) is 25.0 Å². The van der Waals surface area contributed by atoms with E-state index < -0.39 is 47.3 Å². The molecule has 0 radical (unpaired) electrons. The number of carbonyl (C=O) groups is 3. The number of rotatable bonds is 4. The standard InChI is InChI=1S/C21H28N8O5/c1-10-5-4-6-13(7-10)17(32)25-15-9-29-19(23)24-14(8-28(11(2)30)12(3)31)16-20(29,21(15,33)34)27-18(22)26-16/h4-7,14-16,33-34H,8-9H2,1-3H3,(H2,23,24)(H,25,32)(H3,22,26,27)/t14?,15?,16-,20-/m0/s1. The Bertz CT molecular complexity index is 1100. The van der Waals surface area contributed by atoms with Gasteiger partial charge in [-0.15, -0.1) is 0 Å². The van der Waals surface area contributed by atoms with E-state index in [1.807, 2.05) is 13.0 Å². The molecule has 1 spiro atoms. The quantitative estimate of drug-likeness (QED) is 0.250. The van der Waals surface area contributed by atoms with Crippen molar-refractivity contribution in [2.45, 2.75) is 50.3 Å². The van der Waals surface area contributed by atoms with Crippen LogP contribution >= 0.6 is 0 Å². The number of imide groups is 1. The molecule has 3 aliphatic rings. The zero-order valence-electron chi connectivity index (χ0n) is 19.0. The van der Waals surface area contributed by atoms with Crippen molar-refractivity contribution >= 4 is 29.6 Å². The van der Waals surface area contributed by atoms with E-state index in [0.29, 0.717) is 5.56 Å². The van der Waals surface area contributed by atoms with E-state index >= 15 is 0 Å². The lowest BCUT2D eigenvalue weighted by molar-refractivity contribution is -0.230. The summed E-state index contributed by atoms with van der Waals surface area (Å²) in [5.41, 5.74) is 11.6. The monoisotopic (exact) mass is 472 g/mol. The lowest BCUT2D eigenvalue weighted by Crippen LogP contribution is -2.78. The first-order valence-corrected chi connectivity index (χ1v) is 10.7. The average molecular weight is 473 g/mol. The SMILES string of the molecule is CC(=O)N(CC1N=C(N)N2CC(NC(=O)c3cccc(C)c3)C(O)(O)[C@@]23NC(N)=N[C@@H]13)C(C)=O. The number of nitrogens with one attached hydrogen (secondary N) is 2. The fourth-order valence-electron chi connectivity index (χ4n) is 4.93. The fraction of sp³-hybridized carbons (Fsp3) is 0.476. The van der Waals surface area contributed by atoms with Crippen molar-refractivity contribution in [2.24, 2.45) is 21.5 Å². The third-order valence-corrected chi connectivity index (χ3v) is 6.52. The van der Waals surface area contributed by atoms with Gasteiger partial charge in [0, 0.05) is 26.0 Å². The zero-order valence-corrected chi connectivity index (χ0v) is 19.0. The van der Waals surface area contributed by atoms with E-state index in [2.05, 4.69) is 20.6 Å². The van der Waals surface area contributed by atoms with Crippen LogP contribution in [0, 0.1) is 6.92 Å². The molecular weight excluding hydrogens is 444 g/mol. The Kier molecular flexibility index (Phi) is 5.49. The van der Waals surface area contributed by atoms with Crippen molar-refractivity contribution in [3.8, 4) is 0 Å². The highest BCUT2D eigenvalue weighted by molar-refractivity contribution is 5.95. The number of aliphatic hydroxyl groups is 2. The summed E-state index contributed by atoms with van der Waals surface area (Å²) in [5.74, 6) is -4.31. The molecule has 3 aliphatic heterocycles. The van der Waals surface area contributed by atoms with Gasteiger partial charge in [-0.05, 0) is 19.1 Å². The first-order valence-electron chi connectivity index (χ1n) is 10.7. The van der Waals surface area contributed by atoms with Gasteiger partial charge in [0.25, 0.3) is 5.91 Å². The summed E-state index contributed by atoms with van der Waals surface area (Å²) in [6.45, 7) is 4.00. The molecule has 8 N–H and O–H groups in total. The molecule has 13 heteroatoms. The minimum Gasteiger partial charge on any atom is -0.370 e. The van der Waals surface area contributed by atoms with Crippen LogP contribution in [0.5, 0.6) is 0 Å². The Labute approximate surface area is 195 Å². The Morgan fingerprint density at radius 3 is 2.53 bits per heavy atom. The van der Waals surface area contributed by atoms with Gasteiger partial charge in [0.05, 0.1) is 12.6 Å². The van der Waals surface area contributed by atoms with Gasteiger partial charge in [0.15, 0.2) is 17.6 Å². The van der Waals surface area contributed by atoms with Gasteiger partial charge < -0.3 is 37.2 Å². The van der Waals surface area contributed by atoms with E-state index in [1.165, 1.54) is 18.7 Å². The Morgan fingerprint density at radius 1 is 1.24 bits per heavy atom. The number of aryl methyl sites for hydroxylation is 1. The number of amides is 3. The summed E-state index contributed by atoms with van der Waals surface area (Å²) in [5, 5.41) is 28.3. The molecule has 4 atom stereocenters. The van der Waals surface area contributed by atoms with Gasteiger partial charge in [0.2, 0.25) is 17.6 Å². The normalized spacial score (nSPS) is 28.7. The molecule has 34 heavy (non-hydrogen) atoms. The average Bonchev–Trinajstić information content (AvgIpc) is 3.21. The highest BCUT2D eigenvalue weighted by Crippen LogP contribution is 2.44. The van der Waals surface area contributed by atoms with Gasteiger partial charge in [0.1, 0.15) is 12.1 Å². The minimum absolute atomic E-state index is 0.0783. The van der Waals surface area contributed by atoms with E-state index in [4.69, 9.17) is 11.5 Å². The molecular formula is C21H28N8O5. The first kappa shape index (κ1) is 23.4. The number of aliphatic imine (C=N–C) groups is 2. The third kappa shape index (κ3) is 3.44. The van der Waals surface area contributed by atoms with Gasteiger partial charge in [-0.3, -0.25) is 19.3 Å². The molecule has 1 aromatic rings. The van der Waals surface area contributed by atoms with Crippen LogP contribution in [0.25, 0.3) is 0 Å². The van der Waals surface area contributed by atoms with Crippen molar-refractivity contribution < 1.29 is 24.6 Å². The van der Waals surface area contributed by atoms with Crippen LogP contribution < -0.4 is 22.1 Å². The second kappa shape index (κ2) is 7.95. The predicted molar refractivity (Wildman–Crippen MR) is 121 cm³/mol. The highest BCUT2D eigenvalue weighted by atomic mass is 16.5. The molecule has 0 aromatic heterocycles. The summed E-state index contributed by atoms with van der Waals surface area (Å²) < 4.78 is 0. The maximum absolute atomic E-state index is 12.9. The predicted octanol–water partition coefficient (Wildman–Crippen LogP) is -2.84. The topological polar surface area (TPSA) is 199 Å². The van der Waals surface area contributed by atoms with Crippen molar-refractivity contribution in [2.75, 3.05) is 13.1 Å². The van der Waals surface area contributed by atoms with Crippen LogP contribution in [0.15, 0.2) is 34.3 Å². The minimum atomic E-state index is -2.61. The van der Waals surface area contributed by atoms with Crippen LogP contribution in [0.2, 0.25) is 0 Å². The fourth-order valence-corrected chi connectivity index (χ4v) is 4.93. The van der Waals surface area contributed by atoms with Gasteiger partial charge >= 0.3 is 0 Å². The van der Waals surface area contributed by atoms with Crippen LogP contribution in [0.3, 0.4) is 0 Å². The van der Waals surface area contributed by atoms with E-state index in [1.54, 1.807) is 18.2 Å². The molecule has 4 rings (SSSR count). The third-order valence-electron chi connectivity index (χ3n) is 6.52. The van der Waals surface area contributed by atoms with Crippen LogP contribution in [-0.4, -0.2) is 92.3 Å². The van der Waals surface area contributed by atoms with Crippen molar-refractivity contribution in [3.63, 3.8) is 0 Å². The van der Waals surface area contributed by atoms with Crippen molar-refractivity contribution in [3.05, 3.63) is 35.4 Å². The first-order chi connectivity index (χ1) is 15.9. The maximum Gasteiger partial charge on any atom is 0.251 e. The summed E-state index contributed by atoms with van der Waals surface area (Å²) >= 11 is 0. The molecule has 1 saturated heterocycles. The number of nitrogens with zero attached hydrogens (tertiary/aromatic N) is 4. The maximum atomic E-state index is 12.9. The molecule has 2 unspecified atom stereocenters. The summed E-state index contributed by atoms with van der Waals surface area (Å²) in [4.78, 5) is 47.9. The van der Waals surface area contributed by atoms with E-state index in [0.717, 1.165) is 10.5 Å². The van der Waals surface area contributed by atoms with Crippen molar-refractivity contribution in [1.29, 1.82) is 0 Å². The molecule has 1 fully saturated rings. The zero-order chi connectivity index (χ0) is 25.0. The Morgan fingerprint density at radius 2 is 1.91 bits per heavy atom. The molecule has 1 aromatic carbocycles. The molecule has 13 nitrogen and oxygen atoms in total. The van der Waals surface area contributed by atoms with Crippen LogP contribution in [0.4, 0.5) is 0 Å². The number of hydrogen-bond acceptors (Lipinski definition) is 11. The lowest BCUT2D eigenvalue weighted by atomic mass is 9.84. The smallest absolute Gasteiger partial charge is 0.251 e. The molecule has 3 amide bonds. The molecule has 182 valence electrons. The van der Waals surface area contributed by atoms with Crippen molar-refractivity contribution in [1.82, 2.24) is 20.4 Å². The molecule has 3 heterocycles.